The van der Waals surface area contributed by atoms with Gasteiger partial charge in [-0.25, -0.2) is 4.98 Å². The summed E-state index contributed by atoms with van der Waals surface area (Å²) in [4.78, 5) is 10.2. The molecule has 8 nitrogen and oxygen atoms in total. The highest BCUT2D eigenvalue weighted by atomic mass is 32.2. The fraction of sp³-hybridized carbons (Fsp3) is 0.304. The van der Waals surface area contributed by atoms with Crippen molar-refractivity contribution in [3.05, 3.63) is 54.5 Å². The first-order valence-corrected chi connectivity index (χ1v) is 12.2. The summed E-state index contributed by atoms with van der Waals surface area (Å²) < 4.78 is 28.1. The number of H-pyrrole nitrogens is 2. The Hall–Kier alpha value is -3.33. The highest BCUT2D eigenvalue weighted by molar-refractivity contribution is 7.92. The third-order valence-electron chi connectivity index (χ3n) is 6.13. The van der Waals surface area contributed by atoms with Crippen LogP contribution in [-0.4, -0.2) is 48.7 Å². The molecule has 0 aliphatic carbocycles. The summed E-state index contributed by atoms with van der Waals surface area (Å²) in [6.07, 6.45) is 6.32. The predicted octanol–water partition coefficient (Wildman–Crippen LogP) is 4.11. The number of sulfonamides is 1. The second kappa shape index (κ2) is 7.67. The number of hydrogen-bond donors (Lipinski definition) is 2. The van der Waals surface area contributed by atoms with Crippen LogP contribution in [-0.2, 0) is 10.0 Å². The molecule has 0 unspecified atom stereocenters. The minimum Gasteiger partial charge on any atom is -0.371 e. The topological polar surface area (TPSA) is 98.0 Å². The maximum absolute atomic E-state index is 13.4. The van der Waals surface area contributed by atoms with Gasteiger partial charge in [-0.1, -0.05) is 26.0 Å². The van der Waals surface area contributed by atoms with E-state index < -0.39 is 10.0 Å². The number of nitrogens with zero attached hydrogens (tertiary/aromatic N) is 4. The minimum atomic E-state index is -3.82. The van der Waals surface area contributed by atoms with E-state index in [0.717, 1.165) is 35.2 Å². The number of rotatable bonds is 6. The Bertz CT molecular complexity index is 1370. The van der Waals surface area contributed by atoms with Gasteiger partial charge in [0.05, 0.1) is 17.3 Å². The molecule has 1 aromatic carbocycles. The van der Waals surface area contributed by atoms with E-state index in [1.807, 2.05) is 26.1 Å². The van der Waals surface area contributed by atoms with E-state index in [4.69, 9.17) is 0 Å². The SMILES string of the molecule is CC(C)c1cnc2[nH]cc(-c3cccc(N4CCC4)c3)c2c1N(C)S(=O)(=O)c1ccn[nH]1. The van der Waals surface area contributed by atoms with E-state index in [1.165, 1.54) is 28.7 Å². The maximum Gasteiger partial charge on any atom is 0.281 e. The van der Waals surface area contributed by atoms with E-state index in [0.29, 0.717) is 11.3 Å². The van der Waals surface area contributed by atoms with Crippen molar-refractivity contribution >= 4 is 32.4 Å². The smallest absolute Gasteiger partial charge is 0.281 e. The Labute approximate surface area is 187 Å². The quantitative estimate of drug-likeness (QED) is 0.461. The van der Waals surface area contributed by atoms with E-state index in [9.17, 15) is 8.42 Å². The Kier molecular flexibility index (Phi) is 4.93. The average molecular weight is 451 g/mol. The third-order valence-corrected chi connectivity index (χ3v) is 7.82. The van der Waals surface area contributed by atoms with Crippen LogP contribution in [0.5, 0.6) is 0 Å². The monoisotopic (exact) mass is 450 g/mol. The summed E-state index contributed by atoms with van der Waals surface area (Å²) in [5.74, 6) is 0.0801. The highest BCUT2D eigenvalue weighted by Crippen LogP contribution is 2.41. The molecule has 0 spiro atoms. The number of aromatic amines is 2. The molecule has 5 rings (SSSR count). The molecule has 1 fully saturated rings. The van der Waals surface area contributed by atoms with Gasteiger partial charge in [-0.3, -0.25) is 9.40 Å². The number of nitrogens with one attached hydrogen (secondary N) is 2. The molecule has 0 radical (unpaired) electrons. The highest BCUT2D eigenvalue weighted by Gasteiger charge is 2.29. The van der Waals surface area contributed by atoms with Crippen LogP contribution in [0.4, 0.5) is 11.4 Å². The van der Waals surface area contributed by atoms with Crippen molar-refractivity contribution in [1.29, 1.82) is 0 Å². The van der Waals surface area contributed by atoms with Crippen molar-refractivity contribution in [3.8, 4) is 11.1 Å². The van der Waals surface area contributed by atoms with Gasteiger partial charge in [0.2, 0.25) is 0 Å². The first-order valence-electron chi connectivity index (χ1n) is 10.7. The van der Waals surface area contributed by atoms with Gasteiger partial charge in [0.15, 0.2) is 5.03 Å². The minimum absolute atomic E-state index is 0.0523. The normalized spacial score (nSPS) is 14.2. The zero-order valence-electron chi connectivity index (χ0n) is 18.3. The molecule has 2 N–H and O–H groups in total. The van der Waals surface area contributed by atoms with E-state index in [2.05, 4.69) is 43.3 Å². The number of anilines is 2. The van der Waals surface area contributed by atoms with Crippen LogP contribution in [0.15, 0.2) is 53.9 Å². The number of pyridine rings is 1. The second-order valence-corrected chi connectivity index (χ2v) is 10.4. The zero-order valence-corrected chi connectivity index (χ0v) is 19.1. The van der Waals surface area contributed by atoms with Gasteiger partial charge in [-0.05, 0) is 41.7 Å². The Morgan fingerprint density at radius 1 is 1.19 bits per heavy atom. The van der Waals surface area contributed by atoms with E-state index in [1.54, 1.807) is 13.2 Å². The lowest BCUT2D eigenvalue weighted by atomic mass is 9.97. The van der Waals surface area contributed by atoms with E-state index >= 15 is 0 Å². The van der Waals surface area contributed by atoms with Crippen LogP contribution < -0.4 is 9.21 Å². The molecular formula is C23H26N6O2S. The van der Waals surface area contributed by atoms with Gasteiger partial charge < -0.3 is 9.88 Å². The van der Waals surface area contributed by atoms with Gasteiger partial charge >= 0.3 is 0 Å². The molecule has 3 aromatic heterocycles. The number of fused-ring (bicyclic) bond motifs is 1. The predicted molar refractivity (Wildman–Crippen MR) is 127 cm³/mol. The van der Waals surface area contributed by atoms with Crippen molar-refractivity contribution in [1.82, 2.24) is 20.2 Å². The number of hydrogen-bond acceptors (Lipinski definition) is 5. The molecule has 4 heterocycles. The molecule has 4 aromatic rings. The van der Waals surface area contributed by atoms with Crippen LogP contribution >= 0.6 is 0 Å². The summed E-state index contributed by atoms with van der Waals surface area (Å²) in [6, 6.07) is 9.85. The molecule has 0 bridgehead atoms. The number of benzene rings is 1. The van der Waals surface area contributed by atoms with E-state index in [-0.39, 0.29) is 10.9 Å². The largest absolute Gasteiger partial charge is 0.371 e. The standard InChI is InChI=1S/C23H26N6O2S/c1-15(2)18-13-24-23-21(22(18)28(3)32(30,31)20-8-9-26-27-20)19(14-25-23)16-6-4-7-17(12-16)29-10-5-11-29/h4,6-9,12-15H,5,10-11H2,1-3H3,(H,24,25)(H,26,27). The first-order chi connectivity index (χ1) is 15.4. The van der Waals surface area contributed by atoms with Crippen molar-refractivity contribution < 1.29 is 8.42 Å². The van der Waals surface area contributed by atoms with Gasteiger partial charge in [0, 0.05) is 43.8 Å². The van der Waals surface area contributed by atoms with Gasteiger partial charge in [0.1, 0.15) is 5.65 Å². The average Bonchev–Trinajstić information content (AvgIpc) is 3.42. The number of aromatic nitrogens is 4. The van der Waals surface area contributed by atoms with Gasteiger partial charge in [-0.2, -0.15) is 13.5 Å². The van der Waals surface area contributed by atoms with Crippen LogP contribution in [0.2, 0.25) is 0 Å². The van der Waals surface area contributed by atoms with Gasteiger partial charge in [-0.15, -0.1) is 0 Å². The first kappa shape index (κ1) is 20.6. The summed E-state index contributed by atoms with van der Waals surface area (Å²) >= 11 is 0. The fourth-order valence-corrected chi connectivity index (χ4v) is 5.32. The Morgan fingerprint density at radius 2 is 2.00 bits per heavy atom. The van der Waals surface area contributed by atoms with Crippen LogP contribution in [0.25, 0.3) is 22.2 Å². The van der Waals surface area contributed by atoms with Gasteiger partial charge in [0.25, 0.3) is 10.0 Å². The van der Waals surface area contributed by atoms with Crippen molar-refractivity contribution in [2.24, 2.45) is 0 Å². The third kappa shape index (κ3) is 3.24. The molecule has 0 saturated carbocycles. The van der Waals surface area contributed by atoms with Crippen LogP contribution in [0.1, 0.15) is 31.7 Å². The molecule has 0 amide bonds. The molecule has 0 atom stereocenters. The van der Waals surface area contributed by atoms with Crippen molar-refractivity contribution in [2.75, 3.05) is 29.3 Å². The fourth-order valence-electron chi connectivity index (χ4n) is 4.18. The summed E-state index contributed by atoms with van der Waals surface area (Å²) in [6.45, 7) is 6.21. The maximum atomic E-state index is 13.4. The Balaban J connectivity index is 1.73. The van der Waals surface area contributed by atoms with Crippen LogP contribution in [0.3, 0.4) is 0 Å². The lowest BCUT2D eigenvalue weighted by molar-refractivity contribution is 0.590. The molecule has 1 saturated heterocycles. The summed E-state index contributed by atoms with van der Waals surface area (Å²) in [7, 11) is -2.24. The molecule has 166 valence electrons. The second-order valence-electron chi connectivity index (χ2n) is 8.43. The lowest BCUT2D eigenvalue weighted by Gasteiger charge is -2.33. The molecular weight excluding hydrogens is 424 g/mol. The molecule has 32 heavy (non-hydrogen) atoms. The lowest BCUT2D eigenvalue weighted by Crippen LogP contribution is -2.36. The molecule has 1 aliphatic heterocycles. The molecule has 1 aliphatic rings. The summed E-state index contributed by atoms with van der Waals surface area (Å²) in [5, 5.41) is 7.26. The molecule has 9 heteroatoms. The Morgan fingerprint density at radius 3 is 2.66 bits per heavy atom. The van der Waals surface area contributed by atoms with Crippen LogP contribution in [0, 0.1) is 0 Å². The van der Waals surface area contributed by atoms with Crippen molar-refractivity contribution in [2.45, 2.75) is 31.2 Å². The summed E-state index contributed by atoms with van der Waals surface area (Å²) in [5.41, 5.74) is 5.28. The zero-order chi connectivity index (χ0) is 22.5. The van der Waals surface area contributed by atoms with Crippen molar-refractivity contribution in [3.63, 3.8) is 0 Å².